The van der Waals surface area contributed by atoms with Gasteiger partial charge >= 0.3 is 5.97 Å². The monoisotopic (exact) mass is 303 g/mol. The van der Waals surface area contributed by atoms with Gasteiger partial charge in [-0.05, 0) is 19.1 Å². The van der Waals surface area contributed by atoms with Crippen LogP contribution in [-0.4, -0.2) is 36.8 Å². The highest BCUT2D eigenvalue weighted by Crippen LogP contribution is 2.36. The largest absolute Gasteiger partial charge is 0.493 e. The van der Waals surface area contributed by atoms with Crippen LogP contribution < -0.4 is 15.2 Å². The van der Waals surface area contributed by atoms with E-state index in [4.69, 9.17) is 19.9 Å². The molecule has 116 valence electrons. The lowest BCUT2D eigenvalue weighted by molar-refractivity contribution is 0.0527. The van der Waals surface area contributed by atoms with Gasteiger partial charge in [-0.1, -0.05) is 6.07 Å². The average Bonchev–Trinajstić information content (AvgIpc) is 2.53. The number of anilines is 1. The van der Waals surface area contributed by atoms with Gasteiger partial charge in [0.05, 0.1) is 26.4 Å². The van der Waals surface area contributed by atoms with E-state index in [0.717, 1.165) is 0 Å². The third kappa shape index (κ3) is 2.93. The molecule has 2 N–H and O–H groups in total. The maximum Gasteiger partial charge on any atom is 0.343 e. The van der Waals surface area contributed by atoms with Gasteiger partial charge in [0.15, 0.2) is 17.3 Å². The molecule has 1 aromatic carbocycles. The summed E-state index contributed by atoms with van der Waals surface area (Å²) in [5.74, 6) is 0.878. The zero-order valence-corrected chi connectivity index (χ0v) is 12.6. The molecule has 0 aliphatic heterocycles. The number of benzene rings is 1. The topological polar surface area (TPSA) is 96.6 Å². The van der Waals surface area contributed by atoms with Crippen molar-refractivity contribution in [3.05, 3.63) is 30.0 Å². The second-order valence-electron chi connectivity index (χ2n) is 4.25. The first-order valence-electron chi connectivity index (χ1n) is 6.63. The first kappa shape index (κ1) is 15.6. The lowest BCUT2D eigenvalue weighted by Crippen LogP contribution is -2.11. The molecule has 1 aromatic heterocycles. The summed E-state index contributed by atoms with van der Waals surface area (Å²) in [6, 6.07) is 5.33. The molecule has 2 aromatic rings. The standard InChI is InChI=1S/C15H17N3O4/c1-4-22-15(19)10-8-17-14(18-13(10)16)9-6-5-7-11(20-2)12(9)21-3/h5-8H,4H2,1-3H3,(H2,16,17,18). The van der Waals surface area contributed by atoms with Gasteiger partial charge < -0.3 is 19.9 Å². The molecule has 1 heterocycles. The predicted molar refractivity (Wildman–Crippen MR) is 80.9 cm³/mol. The number of nitrogens with two attached hydrogens (primary N) is 1. The second-order valence-corrected chi connectivity index (χ2v) is 4.25. The van der Waals surface area contributed by atoms with E-state index in [0.29, 0.717) is 22.9 Å². The Morgan fingerprint density at radius 2 is 2.05 bits per heavy atom. The van der Waals surface area contributed by atoms with E-state index < -0.39 is 5.97 Å². The minimum absolute atomic E-state index is 0.0494. The second kappa shape index (κ2) is 6.75. The summed E-state index contributed by atoms with van der Waals surface area (Å²) in [5, 5.41) is 0. The molecule has 2 rings (SSSR count). The Balaban J connectivity index is 2.47. The van der Waals surface area contributed by atoms with Crippen LogP contribution in [0.3, 0.4) is 0 Å². The Morgan fingerprint density at radius 1 is 1.27 bits per heavy atom. The van der Waals surface area contributed by atoms with Gasteiger partial charge in [-0.15, -0.1) is 0 Å². The number of hydrogen-bond donors (Lipinski definition) is 1. The summed E-state index contributed by atoms with van der Waals surface area (Å²) in [5.41, 5.74) is 6.57. The van der Waals surface area contributed by atoms with Crippen molar-refractivity contribution in [3.63, 3.8) is 0 Å². The summed E-state index contributed by atoms with van der Waals surface area (Å²) in [6.45, 7) is 1.97. The van der Waals surface area contributed by atoms with Crippen LogP contribution in [0.5, 0.6) is 11.5 Å². The molecule has 0 unspecified atom stereocenters. The van der Waals surface area contributed by atoms with Gasteiger partial charge in [0.25, 0.3) is 0 Å². The third-order valence-corrected chi connectivity index (χ3v) is 2.96. The average molecular weight is 303 g/mol. The molecule has 7 heteroatoms. The molecule has 0 aliphatic rings. The lowest BCUT2D eigenvalue weighted by Gasteiger charge is -2.12. The number of rotatable bonds is 5. The number of nitrogens with zero attached hydrogens (tertiary/aromatic N) is 2. The van der Waals surface area contributed by atoms with Crippen molar-refractivity contribution in [1.82, 2.24) is 9.97 Å². The fourth-order valence-corrected chi connectivity index (χ4v) is 1.95. The van der Waals surface area contributed by atoms with Crippen LogP contribution in [0, 0.1) is 0 Å². The summed E-state index contributed by atoms with van der Waals surface area (Å²) in [4.78, 5) is 20.0. The number of ether oxygens (including phenoxy) is 3. The maximum atomic E-state index is 11.7. The molecular weight excluding hydrogens is 286 g/mol. The van der Waals surface area contributed by atoms with E-state index in [1.807, 2.05) is 0 Å². The number of para-hydroxylation sites is 1. The molecule has 0 amide bonds. The molecule has 0 bridgehead atoms. The fourth-order valence-electron chi connectivity index (χ4n) is 1.95. The Labute approximate surface area is 128 Å². The van der Waals surface area contributed by atoms with Gasteiger partial charge in [-0.3, -0.25) is 0 Å². The van der Waals surface area contributed by atoms with Crippen LogP contribution >= 0.6 is 0 Å². The number of carbonyl (C=O) groups is 1. The van der Waals surface area contributed by atoms with E-state index in [1.165, 1.54) is 13.3 Å². The van der Waals surface area contributed by atoms with Crippen molar-refractivity contribution in [2.24, 2.45) is 0 Å². The van der Waals surface area contributed by atoms with Gasteiger partial charge in [-0.2, -0.15) is 0 Å². The van der Waals surface area contributed by atoms with Crippen molar-refractivity contribution in [2.75, 3.05) is 26.6 Å². The smallest absolute Gasteiger partial charge is 0.343 e. The van der Waals surface area contributed by atoms with Crippen LogP contribution in [0.1, 0.15) is 17.3 Å². The van der Waals surface area contributed by atoms with Crippen LogP contribution in [0.15, 0.2) is 24.4 Å². The Bertz CT molecular complexity index is 688. The zero-order valence-electron chi connectivity index (χ0n) is 12.6. The number of aromatic nitrogens is 2. The number of methoxy groups -OCH3 is 2. The number of esters is 1. The minimum Gasteiger partial charge on any atom is -0.493 e. The predicted octanol–water partition coefficient (Wildman–Crippen LogP) is 1.92. The van der Waals surface area contributed by atoms with Crippen LogP contribution in [0.4, 0.5) is 5.82 Å². The summed E-state index contributed by atoms with van der Waals surface area (Å²) < 4.78 is 15.5. The SMILES string of the molecule is CCOC(=O)c1cnc(-c2cccc(OC)c2OC)nc1N. The van der Waals surface area contributed by atoms with Crippen molar-refractivity contribution >= 4 is 11.8 Å². The molecule has 7 nitrogen and oxygen atoms in total. The highest BCUT2D eigenvalue weighted by Gasteiger charge is 2.17. The molecule has 0 radical (unpaired) electrons. The van der Waals surface area contributed by atoms with E-state index in [1.54, 1.807) is 32.2 Å². The summed E-state index contributed by atoms with van der Waals surface area (Å²) >= 11 is 0. The van der Waals surface area contributed by atoms with Crippen molar-refractivity contribution in [2.45, 2.75) is 6.92 Å². The fraction of sp³-hybridized carbons (Fsp3) is 0.267. The van der Waals surface area contributed by atoms with Gasteiger partial charge in [0, 0.05) is 6.20 Å². The minimum atomic E-state index is -0.552. The Kier molecular flexibility index (Phi) is 4.77. The van der Waals surface area contributed by atoms with Gasteiger partial charge in [0.2, 0.25) is 0 Å². The molecule has 22 heavy (non-hydrogen) atoms. The quantitative estimate of drug-likeness (QED) is 0.843. The van der Waals surface area contributed by atoms with E-state index in [-0.39, 0.29) is 18.0 Å². The number of nitrogen functional groups attached to an aromatic ring is 1. The summed E-state index contributed by atoms with van der Waals surface area (Å²) in [7, 11) is 3.07. The van der Waals surface area contributed by atoms with Crippen LogP contribution in [-0.2, 0) is 4.74 Å². The van der Waals surface area contributed by atoms with E-state index in [2.05, 4.69) is 9.97 Å². The van der Waals surface area contributed by atoms with Crippen LogP contribution in [0.25, 0.3) is 11.4 Å². The van der Waals surface area contributed by atoms with Crippen molar-refractivity contribution in [3.8, 4) is 22.9 Å². The third-order valence-electron chi connectivity index (χ3n) is 2.96. The number of hydrogen-bond acceptors (Lipinski definition) is 7. The molecule has 0 fully saturated rings. The maximum absolute atomic E-state index is 11.7. The number of carbonyl (C=O) groups excluding carboxylic acids is 1. The van der Waals surface area contributed by atoms with Gasteiger partial charge in [-0.25, -0.2) is 14.8 Å². The molecule has 0 aliphatic carbocycles. The highest BCUT2D eigenvalue weighted by molar-refractivity contribution is 5.94. The Morgan fingerprint density at radius 3 is 2.64 bits per heavy atom. The first-order valence-corrected chi connectivity index (χ1v) is 6.63. The van der Waals surface area contributed by atoms with Gasteiger partial charge in [0.1, 0.15) is 11.4 Å². The summed E-state index contributed by atoms with van der Waals surface area (Å²) in [6.07, 6.45) is 1.34. The normalized spacial score (nSPS) is 10.1. The molecular formula is C15H17N3O4. The molecule has 0 spiro atoms. The molecule has 0 saturated heterocycles. The van der Waals surface area contributed by atoms with E-state index >= 15 is 0 Å². The first-order chi connectivity index (χ1) is 10.6. The van der Waals surface area contributed by atoms with E-state index in [9.17, 15) is 4.79 Å². The molecule has 0 saturated carbocycles. The molecule has 0 atom stereocenters. The van der Waals surface area contributed by atoms with Crippen LogP contribution in [0.2, 0.25) is 0 Å². The zero-order chi connectivity index (χ0) is 16.1. The lowest BCUT2D eigenvalue weighted by atomic mass is 10.1. The Hall–Kier alpha value is -2.83. The van der Waals surface area contributed by atoms with Crippen molar-refractivity contribution < 1.29 is 19.0 Å². The van der Waals surface area contributed by atoms with Crippen molar-refractivity contribution in [1.29, 1.82) is 0 Å². The highest BCUT2D eigenvalue weighted by atomic mass is 16.5.